The Morgan fingerprint density at radius 3 is 2.38 bits per heavy atom. The van der Waals surface area contributed by atoms with Crippen LogP contribution in [0.5, 0.6) is 0 Å². The standard InChI is InChI=1S/C13H11ClF3N3S/c1-7(2)12-19-9(14)5-11(20-12)21-10-4-3-8(6-18-10)13(15,16)17/h3-7H,1-2H3. The van der Waals surface area contributed by atoms with Gasteiger partial charge in [-0.05, 0) is 23.9 Å². The van der Waals surface area contributed by atoms with Crippen molar-refractivity contribution in [2.45, 2.75) is 36.0 Å². The van der Waals surface area contributed by atoms with Crippen molar-refractivity contribution >= 4 is 23.4 Å². The van der Waals surface area contributed by atoms with Gasteiger partial charge in [0.1, 0.15) is 21.0 Å². The Hall–Kier alpha value is -1.34. The molecule has 0 radical (unpaired) electrons. The molecule has 0 saturated carbocycles. The lowest BCUT2D eigenvalue weighted by molar-refractivity contribution is -0.137. The number of aromatic nitrogens is 3. The Balaban J connectivity index is 2.22. The average molecular weight is 334 g/mol. The van der Waals surface area contributed by atoms with Crippen LogP contribution in [-0.4, -0.2) is 15.0 Å². The highest BCUT2D eigenvalue weighted by molar-refractivity contribution is 7.99. The molecule has 0 bridgehead atoms. The van der Waals surface area contributed by atoms with Crippen LogP contribution in [0.25, 0.3) is 0 Å². The molecule has 112 valence electrons. The highest BCUT2D eigenvalue weighted by Crippen LogP contribution is 2.31. The second-order valence-corrected chi connectivity index (χ2v) is 5.95. The molecule has 0 saturated heterocycles. The lowest BCUT2D eigenvalue weighted by Gasteiger charge is -2.08. The van der Waals surface area contributed by atoms with Crippen molar-refractivity contribution in [3.8, 4) is 0 Å². The van der Waals surface area contributed by atoms with E-state index >= 15 is 0 Å². The molecule has 0 aliphatic rings. The second-order valence-electron chi connectivity index (χ2n) is 4.53. The first-order valence-electron chi connectivity index (χ1n) is 6.01. The molecule has 0 N–H and O–H groups in total. The van der Waals surface area contributed by atoms with E-state index in [9.17, 15) is 13.2 Å². The molecule has 0 fully saturated rings. The number of hydrogen-bond donors (Lipinski definition) is 0. The number of halogens is 4. The van der Waals surface area contributed by atoms with Crippen LogP contribution in [-0.2, 0) is 6.18 Å². The second kappa shape index (κ2) is 6.19. The average Bonchev–Trinajstić information content (AvgIpc) is 2.37. The van der Waals surface area contributed by atoms with Gasteiger partial charge in [-0.3, -0.25) is 0 Å². The van der Waals surface area contributed by atoms with Crippen molar-refractivity contribution in [1.29, 1.82) is 0 Å². The summed E-state index contributed by atoms with van der Waals surface area (Å²) < 4.78 is 37.4. The summed E-state index contributed by atoms with van der Waals surface area (Å²) in [4.78, 5) is 12.2. The van der Waals surface area contributed by atoms with Crippen LogP contribution in [0.3, 0.4) is 0 Å². The number of hydrogen-bond acceptors (Lipinski definition) is 4. The molecule has 8 heteroatoms. The van der Waals surface area contributed by atoms with Gasteiger partial charge in [-0.2, -0.15) is 13.2 Å². The molecule has 2 heterocycles. The van der Waals surface area contributed by atoms with Crippen molar-refractivity contribution < 1.29 is 13.2 Å². The van der Waals surface area contributed by atoms with Gasteiger partial charge in [-0.25, -0.2) is 15.0 Å². The third kappa shape index (κ3) is 4.31. The van der Waals surface area contributed by atoms with E-state index in [1.165, 1.54) is 6.07 Å². The highest BCUT2D eigenvalue weighted by Gasteiger charge is 2.30. The van der Waals surface area contributed by atoms with Crippen molar-refractivity contribution in [2.24, 2.45) is 0 Å². The zero-order valence-corrected chi connectivity index (χ0v) is 12.7. The minimum Gasteiger partial charge on any atom is -0.249 e. The fraction of sp³-hybridized carbons (Fsp3) is 0.308. The van der Waals surface area contributed by atoms with E-state index in [2.05, 4.69) is 15.0 Å². The Bertz CT molecular complexity index is 630. The maximum absolute atomic E-state index is 12.5. The van der Waals surface area contributed by atoms with Gasteiger partial charge in [0.2, 0.25) is 0 Å². The molecule has 0 aliphatic heterocycles. The van der Waals surface area contributed by atoms with Crippen molar-refractivity contribution in [3.05, 3.63) is 40.9 Å². The molecule has 2 rings (SSSR count). The van der Waals surface area contributed by atoms with Crippen LogP contribution in [0, 0.1) is 0 Å². The lowest BCUT2D eigenvalue weighted by Crippen LogP contribution is -2.05. The summed E-state index contributed by atoms with van der Waals surface area (Å²) in [5.41, 5.74) is -0.782. The van der Waals surface area contributed by atoms with Crippen molar-refractivity contribution in [3.63, 3.8) is 0 Å². The summed E-state index contributed by atoms with van der Waals surface area (Å²) in [6.45, 7) is 3.85. The molecule has 3 nitrogen and oxygen atoms in total. The number of alkyl halides is 3. The molecule has 0 aromatic carbocycles. The normalized spacial score (nSPS) is 12.0. The fourth-order valence-corrected chi connectivity index (χ4v) is 2.46. The van der Waals surface area contributed by atoms with Gasteiger partial charge in [-0.1, -0.05) is 25.4 Å². The Morgan fingerprint density at radius 1 is 1.14 bits per heavy atom. The summed E-state index contributed by atoms with van der Waals surface area (Å²) in [5.74, 6) is 0.681. The summed E-state index contributed by atoms with van der Waals surface area (Å²) in [6, 6.07) is 3.84. The first kappa shape index (κ1) is 16.0. The Labute approximate surface area is 129 Å². The van der Waals surface area contributed by atoms with E-state index in [0.29, 0.717) is 21.0 Å². The van der Waals surface area contributed by atoms with Gasteiger partial charge in [-0.15, -0.1) is 0 Å². The summed E-state index contributed by atoms with van der Waals surface area (Å²) in [5, 5.41) is 1.25. The van der Waals surface area contributed by atoms with Crippen LogP contribution in [0.2, 0.25) is 5.15 Å². The van der Waals surface area contributed by atoms with E-state index in [1.54, 1.807) is 6.07 Å². The van der Waals surface area contributed by atoms with E-state index in [4.69, 9.17) is 11.6 Å². The maximum Gasteiger partial charge on any atom is 0.417 e. The Morgan fingerprint density at radius 2 is 1.86 bits per heavy atom. The predicted molar refractivity (Wildman–Crippen MR) is 74.5 cm³/mol. The molecule has 2 aromatic heterocycles. The first-order valence-corrected chi connectivity index (χ1v) is 7.20. The zero-order valence-electron chi connectivity index (χ0n) is 11.1. The fourth-order valence-electron chi connectivity index (χ4n) is 1.44. The van der Waals surface area contributed by atoms with Gasteiger partial charge in [0.25, 0.3) is 0 Å². The first-order chi connectivity index (χ1) is 9.75. The molecule has 21 heavy (non-hydrogen) atoms. The molecule has 0 atom stereocenters. The van der Waals surface area contributed by atoms with Crippen molar-refractivity contribution in [1.82, 2.24) is 15.0 Å². The molecule has 0 spiro atoms. The van der Waals surface area contributed by atoms with Crippen LogP contribution in [0.1, 0.15) is 31.2 Å². The van der Waals surface area contributed by atoms with Crippen molar-refractivity contribution in [2.75, 3.05) is 0 Å². The SMILES string of the molecule is CC(C)c1nc(Cl)cc(Sc2ccc(C(F)(F)F)cn2)n1. The molecule has 0 unspecified atom stereocenters. The summed E-state index contributed by atoms with van der Waals surface area (Å²) in [6.07, 6.45) is -3.59. The monoisotopic (exact) mass is 333 g/mol. The third-order valence-corrected chi connectivity index (χ3v) is 3.54. The summed E-state index contributed by atoms with van der Waals surface area (Å²) in [7, 11) is 0. The van der Waals surface area contributed by atoms with Gasteiger partial charge in [0.15, 0.2) is 0 Å². The lowest BCUT2D eigenvalue weighted by atomic mass is 10.2. The van der Waals surface area contributed by atoms with E-state index in [0.717, 1.165) is 24.0 Å². The van der Waals surface area contributed by atoms with E-state index in [1.807, 2.05) is 13.8 Å². The largest absolute Gasteiger partial charge is 0.417 e. The molecule has 0 amide bonds. The molecular formula is C13H11ClF3N3S. The van der Waals surface area contributed by atoms with E-state index in [-0.39, 0.29) is 5.92 Å². The molecular weight excluding hydrogens is 323 g/mol. The highest BCUT2D eigenvalue weighted by atomic mass is 35.5. The molecule has 0 aliphatic carbocycles. The van der Waals surface area contributed by atoms with E-state index < -0.39 is 11.7 Å². The van der Waals surface area contributed by atoms with Gasteiger partial charge in [0, 0.05) is 18.2 Å². The minimum absolute atomic E-state index is 0.101. The number of nitrogens with zero attached hydrogens (tertiary/aromatic N) is 3. The van der Waals surface area contributed by atoms with Gasteiger partial charge in [0.05, 0.1) is 5.56 Å². The zero-order chi connectivity index (χ0) is 15.6. The Kier molecular flexibility index (Phi) is 4.73. The van der Waals surface area contributed by atoms with Crippen LogP contribution in [0.15, 0.2) is 34.4 Å². The van der Waals surface area contributed by atoms with Crippen LogP contribution >= 0.6 is 23.4 Å². The topological polar surface area (TPSA) is 38.7 Å². The van der Waals surface area contributed by atoms with Gasteiger partial charge < -0.3 is 0 Å². The third-order valence-electron chi connectivity index (χ3n) is 2.48. The van der Waals surface area contributed by atoms with Crippen LogP contribution < -0.4 is 0 Å². The smallest absolute Gasteiger partial charge is 0.249 e. The quantitative estimate of drug-likeness (QED) is 0.755. The minimum atomic E-state index is -4.39. The number of pyridine rings is 1. The predicted octanol–water partition coefficient (Wildman–Crippen LogP) is 4.82. The van der Waals surface area contributed by atoms with Gasteiger partial charge >= 0.3 is 6.18 Å². The van der Waals surface area contributed by atoms with Crippen LogP contribution in [0.4, 0.5) is 13.2 Å². The maximum atomic E-state index is 12.5. The molecule has 2 aromatic rings. The summed E-state index contributed by atoms with van der Waals surface area (Å²) >= 11 is 7.05. The number of rotatable bonds is 3.